The van der Waals surface area contributed by atoms with Crippen molar-refractivity contribution in [2.75, 3.05) is 6.54 Å². The molecule has 0 bridgehead atoms. The van der Waals surface area contributed by atoms with Gasteiger partial charge >= 0.3 is 0 Å². The molecule has 3 N–H and O–H groups in total. The van der Waals surface area contributed by atoms with Crippen molar-refractivity contribution < 1.29 is 10.2 Å². The standard InChI is InChI=1S/C16H15Cl2NO2/c17-13-10-6-7-19-11(8-9-4-2-1-3-5-9)12(10)14(18)16(21)15(13)20/h1-5,11,19-21H,6-8H2. The first-order valence-electron chi connectivity index (χ1n) is 6.78. The van der Waals surface area contributed by atoms with Crippen LogP contribution in [0.2, 0.25) is 10.0 Å². The van der Waals surface area contributed by atoms with Gasteiger partial charge in [-0.1, -0.05) is 53.5 Å². The molecule has 0 saturated carbocycles. The van der Waals surface area contributed by atoms with Gasteiger partial charge in [-0.05, 0) is 36.1 Å². The van der Waals surface area contributed by atoms with Gasteiger partial charge in [0.05, 0.1) is 10.0 Å². The van der Waals surface area contributed by atoms with E-state index in [-0.39, 0.29) is 27.6 Å². The average molecular weight is 324 g/mol. The quantitative estimate of drug-likeness (QED) is 0.736. The Morgan fingerprint density at radius 3 is 2.43 bits per heavy atom. The zero-order valence-corrected chi connectivity index (χ0v) is 12.7. The summed E-state index contributed by atoms with van der Waals surface area (Å²) in [6.45, 7) is 0.755. The number of hydrogen-bond donors (Lipinski definition) is 3. The third-order valence-corrected chi connectivity index (χ3v) is 4.65. The number of aromatic hydroxyl groups is 2. The van der Waals surface area contributed by atoms with Crippen LogP contribution in [0.1, 0.15) is 22.7 Å². The first kappa shape index (κ1) is 14.5. The van der Waals surface area contributed by atoms with Crippen molar-refractivity contribution in [3.05, 3.63) is 57.1 Å². The number of rotatable bonds is 2. The van der Waals surface area contributed by atoms with Crippen molar-refractivity contribution in [2.24, 2.45) is 0 Å². The monoisotopic (exact) mass is 323 g/mol. The summed E-state index contributed by atoms with van der Waals surface area (Å²) in [5.74, 6) is -0.678. The summed E-state index contributed by atoms with van der Waals surface area (Å²) in [6.07, 6.45) is 1.42. The molecular weight excluding hydrogens is 309 g/mol. The van der Waals surface area contributed by atoms with Crippen molar-refractivity contribution in [1.82, 2.24) is 5.32 Å². The molecule has 5 heteroatoms. The topological polar surface area (TPSA) is 52.5 Å². The van der Waals surface area contributed by atoms with Crippen molar-refractivity contribution >= 4 is 23.2 Å². The number of phenolic OH excluding ortho intramolecular Hbond substituents is 2. The van der Waals surface area contributed by atoms with Crippen molar-refractivity contribution in [1.29, 1.82) is 0 Å². The maximum Gasteiger partial charge on any atom is 0.178 e. The molecule has 0 amide bonds. The third-order valence-electron chi connectivity index (χ3n) is 3.86. The van der Waals surface area contributed by atoms with Gasteiger partial charge in [0.2, 0.25) is 0 Å². The Morgan fingerprint density at radius 2 is 1.71 bits per heavy atom. The van der Waals surface area contributed by atoms with E-state index in [1.54, 1.807) is 0 Å². The van der Waals surface area contributed by atoms with E-state index in [0.29, 0.717) is 6.42 Å². The van der Waals surface area contributed by atoms with Crippen molar-refractivity contribution in [3.63, 3.8) is 0 Å². The highest BCUT2D eigenvalue weighted by atomic mass is 35.5. The summed E-state index contributed by atoms with van der Waals surface area (Å²) in [7, 11) is 0. The second kappa shape index (κ2) is 5.76. The zero-order valence-electron chi connectivity index (χ0n) is 11.2. The van der Waals surface area contributed by atoms with Crippen LogP contribution in [0.5, 0.6) is 11.5 Å². The molecule has 0 saturated heterocycles. The molecule has 110 valence electrons. The van der Waals surface area contributed by atoms with Crippen LogP contribution >= 0.6 is 23.2 Å². The van der Waals surface area contributed by atoms with Gasteiger partial charge in [-0.25, -0.2) is 0 Å². The second-order valence-corrected chi connectivity index (χ2v) is 5.92. The number of phenols is 2. The highest BCUT2D eigenvalue weighted by molar-refractivity contribution is 6.37. The average Bonchev–Trinajstić information content (AvgIpc) is 2.51. The molecule has 21 heavy (non-hydrogen) atoms. The summed E-state index contributed by atoms with van der Waals surface area (Å²) in [4.78, 5) is 0. The van der Waals surface area contributed by atoms with Crippen LogP contribution in [-0.4, -0.2) is 16.8 Å². The van der Waals surface area contributed by atoms with Crippen molar-refractivity contribution in [3.8, 4) is 11.5 Å². The Bertz CT molecular complexity index is 674. The van der Waals surface area contributed by atoms with Crippen LogP contribution in [0.15, 0.2) is 30.3 Å². The van der Waals surface area contributed by atoms with E-state index in [4.69, 9.17) is 23.2 Å². The number of nitrogens with one attached hydrogen (secondary N) is 1. The lowest BCUT2D eigenvalue weighted by Gasteiger charge is -2.29. The molecule has 0 aliphatic carbocycles. The lowest BCUT2D eigenvalue weighted by Crippen LogP contribution is -2.31. The highest BCUT2D eigenvalue weighted by Gasteiger charge is 2.29. The van der Waals surface area contributed by atoms with Crippen LogP contribution in [0, 0.1) is 0 Å². The molecule has 2 aromatic rings. The summed E-state index contributed by atoms with van der Waals surface area (Å²) in [5, 5.41) is 23.5. The molecule has 0 aromatic heterocycles. The molecule has 1 unspecified atom stereocenters. The minimum Gasteiger partial charge on any atom is -0.503 e. The van der Waals surface area contributed by atoms with Gasteiger partial charge in [0.25, 0.3) is 0 Å². The van der Waals surface area contributed by atoms with E-state index in [2.05, 4.69) is 5.32 Å². The fourth-order valence-corrected chi connectivity index (χ4v) is 3.46. The SMILES string of the molecule is Oc1c(O)c(Cl)c2c(c1Cl)CCNC2Cc1ccccc1. The Hall–Kier alpha value is -1.42. The fourth-order valence-electron chi connectivity index (χ4n) is 2.83. The largest absolute Gasteiger partial charge is 0.503 e. The summed E-state index contributed by atoms with van der Waals surface area (Å²) >= 11 is 12.4. The van der Waals surface area contributed by atoms with Gasteiger partial charge in [0, 0.05) is 6.04 Å². The van der Waals surface area contributed by atoms with Crippen LogP contribution in [0.25, 0.3) is 0 Å². The summed E-state index contributed by atoms with van der Waals surface area (Å²) < 4.78 is 0. The summed E-state index contributed by atoms with van der Waals surface area (Å²) in [5.41, 5.74) is 2.77. The normalized spacial score (nSPS) is 17.5. The number of hydrogen-bond acceptors (Lipinski definition) is 3. The molecule has 2 aromatic carbocycles. The van der Waals surface area contributed by atoms with Gasteiger partial charge in [-0.2, -0.15) is 0 Å². The maximum absolute atomic E-state index is 9.93. The van der Waals surface area contributed by atoms with Crippen LogP contribution in [0.3, 0.4) is 0 Å². The van der Waals surface area contributed by atoms with E-state index < -0.39 is 0 Å². The van der Waals surface area contributed by atoms with E-state index >= 15 is 0 Å². The number of benzene rings is 2. The number of halogens is 2. The van der Waals surface area contributed by atoms with Crippen LogP contribution in [0.4, 0.5) is 0 Å². The van der Waals surface area contributed by atoms with E-state index in [1.165, 1.54) is 5.56 Å². The highest BCUT2D eigenvalue weighted by Crippen LogP contribution is 2.48. The molecule has 0 spiro atoms. The first-order chi connectivity index (χ1) is 10.1. The molecule has 1 aliphatic rings. The second-order valence-electron chi connectivity index (χ2n) is 5.16. The molecule has 1 aliphatic heterocycles. The van der Waals surface area contributed by atoms with Crippen LogP contribution in [-0.2, 0) is 12.8 Å². The minimum atomic E-state index is -0.345. The van der Waals surface area contributed by atoms with E-state index in [1.807, 2.05) is 30.3 Å². The molecule has 0 radical (unpaired) electrons. The Balaban J connectivity index is 2.06. The molecule has 3 rings (SSSR count). The smallest absolute Gasteiger partial charge is 0.178 e. The van der Waals surface area contributed by atoms with E-state index in [9.17, 15) is 10.2 Å². The Morgan fingerprint density at radius 1 is 1.05 bits per heavy atom. The van der Waals surface area contributed by atoms with Gasteiger partial charge in [-0.15, -0.1) is 0 Å². The molecule has 3 nitrogen and oxygen atoms in total. The predicted molar refractivity (Wildman–Crippen MR) is 84.4 cm³/mol. The lowest BCUT2D eigenvalue weighted by atomic mass is 9.89. The fraction of sp³-hybridized carbons (Fsp3) is 0.250. The maximum atomic E-state index is 9.93. The molecule has 1 atom stereocenters. The molecular formula is C16H15Cl2NO2. The van der Waals surface area contributed by atoms with Crippen molar-refractivity contribution in [2.45, 2.75) is 18.9 Å². The van der Waals surface area contributed by atoms with Gasteiger partial charge in [0.1, 0.15) is 0 Å². The lowest BCUT2D eigenvalue weighted by molar-refractivity contribution is 0.399. The Labute approximate surface area is 133 Å². The van der Waals surface area contributed by atoms with Crippen LogP contribution < -0.4 is 5.32 Å². The summed E-state index contributed by atoms with van der Waals surface area (Å²) in [6, 6.07) is 10.0. The molecule has 1 heterocycles. The first-order valence-corrected chi connectivity index (χ1v) is 7.54. The predicted octanol–water partition coefficient (Wildman–Crippen LogP) is 3.83. The third kappa shape index (κ3) is 2.57. The Kier molecular flexibility index (Phi) is 3.98. The number of fused-ring (bicyclic) bond motifs is 1. The van der Waals surface area contributed by atoms with Gasteiger partial charge in [-0.3, -0.25) is 0 Å². The van der Waals surface area contributed by atoms with E-state index in [0.717, 1.165) is 24.1 Å². The van der Waals surface area contributed by atoms with Gasteiger partial charge in [0.15, 0.2) is 11.5 Å². The molecule has 0 fully saturated rings. The minimum absolute atomic E-state index is 0.0346. The van der Waals surface area contributed by atoms with Gasteiger partial charge < -0.3 is 15.5 Å². The zero-order chi connectivity index (χ0) is 15.0.